The number of benzene rings is 1. The van der Waals surface area contributed by atoms with Crippen molar-refractivity contribution in [1.29, 1.82) is 0 Å². The van der Waals surface area contributed by atoms with E-state index in [-0.39, 0.29) is 24.2 Å². The number of amides is 1. The Kier molecular flexibility index (Phi) is 3.74. The molecule has 0 aromatic heterocycles. The first-order chi connectivity index (χ1) is 9.63. The first kappa shape index (κ1) is 13.6. The minimum atomic E-state index is -0.296. The summed E-state index contributed by atoms with van der Waals surface area (Å²) in [5.74, 6) is -0.352. The molecule has 4 atom stereocenters. The summed E-state index contributed by atoms with van der Waals surface area (Å²) in [6, 6.07) is 8.15. The predicted molar refractivity (Wildman–Crippen MR) is 75.0 cm³/mol. The zero-order valence-electron chi connectivity index (χ0n) is 11.9. The second kappa shape index (κ2) is 5.52. The molecule has 0 saturated carbocycles. The van der Waals surface area contributed by atoms with Crippen LogP contribution in [0.5, 0.6) is 0 Å². The lowest BCUT2D eigenvalue weighted by Gasteiger charge is -2.33. The van der Waals surface area contributed by atoms with Crippen LogP contribution in [0.25, 0.3) is 0 Å². The molecule has 1 aromatic carbocycles. The fourth-order valence-corrected chi connectivity index (χ4v) is 3.79. The Bertz CT molecular complexity index is 491. The molecule has 0 spiro atoms. The van der Waals surface area contributed by atoms with Crippen LogP contribution in [-0.4, -0.2) is 31.1 Å². The highest BCUT2D eigenvalue weighted by molar-refractivity contribution is 5.78. The molecule has 1 aromatic rings. The van der Waals surface area contributed by atoms with Gasteiger partial charge in [-0.25, -0.2) is 4.39 Å². The van der Waals surface area contributed by atoms with Gasteiger partial charge in [0.05, 0.1) is 25.6 Å². The van der Waals surface area contributed by atoms with E-state index in [1.54, 1.807) is 23.1 Å². The maximum atomic E-state index is 13.5. The van der Waals surface area contributed by atoms with Crippen LogP contribution in [0.15, 0.2) is 24.3 Å². The molecule has 2 aliphatic rings. The van der Waals surface area contributed by atoms with Crippen molar-refractivity contribution in [1.82, 2.24) is 5.32 Å². The highest BCUT2D eigenvalue weighted by Crippen LogP contribution is 2.22. The number of hydrogen-bond donors (Lipinski definition) is 2. The van der Waals surface area contributed by atoms with E-state index in [9.17, 15) is 9.18 Å². The van der Waals surface area contributed by atoms with Gasteiger partial charge in [0, 0.05) is 31.7 Å². The second-order valence-corrected chi connectivity index (χ2v) is 6.22. The quantitative estimate of drug-likeness (QED) is 0.837. The van der Waals surface area contributed by atoms with Gasteiger partial charge in [-0.1, -0.05) is 18.2 Å². The molecule has 3 rings (SSSR count). The fourth-order valence-electron chi connectivity index (χ4n) is 3.79. The number of carbonyl (C=O) groups excluding carboxylic acids is 1. The zero-order chi connectivity index (χ0) is 14.1. The molecule has 2 saturated heterocycles. The molecule has 1 amide bonds. The maximum absolute atomic E-state index is 13.5. The third kappa shape index (κ3) is 2.70. The van der Waals surface area contributed by atoms with E-state index in [0.717, 1.165) is 12.8 Å². The number of rotatable bonds is 3. The number of hydrogen-bond acceptors (Lipinski definition) is 1. The van der Waals surface area contributed by atoms with Gasteiger partial charge in [-0.15, -0.1) is 0 Å². The summed E-state index contributed by atoms with van der Waals surface area (Å²) in [4.78, 5) is 13.7. The van der Waals surface area contributed by atoms with Crippen molar-refractivity contribution in [3.8, 4) is 0 Å². The second-order valence-electron chi connectivity index (χ2n) is 6.22. The van der Waals surface area contributed by atoms with Crippen LogP contribution >= 0.6 is 0 Å². The number of carbonyl (C=O) groups is 1. The third-order valence-corrected chi connectivity index (χ3v) is 4.96. The molecule has 3 nitrogen and oxygen atoms in total. The van der Waals surface area contributed by atoms with Crippen LogP contribution in [0.1, 0.15) is 31.2 Å². The Morgan fingerprint density at radius 3 is 2.60 bits per heavy atom. The van der Waals surface area contributed by atoms with E-state index < -0.39 is 0 Å². The van der Waals surface area contributed by atoms with Crippen molar-refractivity contribution in [2.75, 3.05) is 7.05 Å². The molecular weight excluding hydrogens is 255 g/mol. The van der Waals surface area contributed by atoms with E-state index in [1.165, 1.54) is 18.9 Å². The number of halogens is 1. The lowest BCUT2D eigenvalue weighted by molar-refractivity contribution is -0.922. The average Bonchev–Trinajstić information content (AvgIpc) is 2.63. The topological polar surface area (TPSA) is 33.5 Å². The average molecular weight is 277 g/mol. The SMILES string of the molecule is C[NH+]1[C@@H]2CC[C@H]1CC(NC(=O)Cc1ccccc1F)C2. The number of fused-ring (bicyclic) bond motifs is 2. The van der Waals surface area contributed by atoms with Crippen molar-refractivity contribution >= 4 is 5.91 Å². The molecule has 108 valence electrons. The van der Waals surface area contributed by atoms with E-state index in [4.69, 9.17) is 0 Å². The highest BCUT2D eigenvalue weighted by Gasteiger charge is 2.42. The monoisotopic (exact) mass is 277 g/mol. The van der Waals surface area contributed by atoms with Gasteiger partial charge in [-0.2, -0.15) is 0 Å². The Hall–Kier alpha value is -1.42. The minimum Gasteiger partial charge on any atom is -0.353 e. The normalized spacial score (nSPS) is 32.1. The smallest absolute Gasteiger partial charge is 0.224 e. The molecule has 20 heavy (non-hydrogen) atoms. The first-order valence-electron chi connectivity index (χ1n) is 7.49. The van der Waals surface area contributed by atoms with Gasteiger partial charge in [-0.3, -0.25) is 4.79 Å². The van der Waals surface area contributed by atoms with Crippen molar-refractivity contribution in [2.45, 2.75) is 50.2 Å². The van der Waals surface area contributed by atoms with Gasteiger partial charge < -0.3 is 10.2 Å². The molecule has 2 heterocycles. The standard InChI is InChI=1S/C16H21FN2O/c1-19-13-6-7-14(19)10-12(9-13)18-16(20)8-11-4-2-3-5-15(11)17/h2-5,12-14H,6-10H2,1H3,(H,18,20)/p+1/t12?,13-,14+. The van der Waals surface area contributed by atoms with Crippen molar-refractivity contribution in [3.05, 3.63) is 35.6 Å². The fraction of sp³-hybridized carbons (Fsp3) is 0.562. The third-order valence-electron chi connectivity index (χ3n) is 4.96. The largest absolute Gasteiger partial charge is 0.353 e. The summed E-state index contributed by atoms with van der Waals surface area (Å²) in [7, 11) is 2.26. The molecule has 4 heteroatoms. The Balaban J connectivity index is 1.56. The molecule has 2 unspecified atom stereocenters. The maximum Gasteiger partial charge on any atom is 0.224 e. The molecular formula is C16H22FN2O+. The van der Waals surface area contributed by atoms with Gasteiger partial charge in [-0.05, 0) is 11.6 Å². The van der Waals surface area contributed by atoms with Crippen LogP contribution in [0, 0.1) is 5.82 Å². The van der Waals surface area contributed by atoms with Crippen LogP contribution in [-0.2, 0) is 11.2 Å². The van der Waals surface area contributed by atoms with E-state index in [0.29, 0.717) is 17.6 Å². The zero-order valence-corrected chi connectivity index (χ0v) is 11.9. The van der Waals surface area contributed by atoms with Gasteiger partial charge in [0.25, 0.3) is 0 Å². The molecule has 2 aliphatic heterocycles. The van der Waals surface area contributed by atoms with Crippen LogP contribution in [0.2, 0.25) is 0 Å². The van der Waals surface area contributed by atoms with Crippen LogP contribution in [0.4, 0.5) is 4.39 Å². The lowest BCUT2D eigenvalue weighted by atomic mass is 9.97. The van der Waals surface area contributed by atoms with Crippen molar-refractivity contribution in [2.24, 2.45) is 0 Å². The summed E-state index contributed by atoms with van der Waals surface area (Å²) >= 11 is 0. The number of nitrogens with one attached hydrogen (secondary N) is 2. The van der Waals surface area contributed by atoms with Crippen LogP contribution in [0.3, 0.4) is 0 Å². The van der Waals surface area contributed by atoms with Crippen molar-refractivity contribution in [3.63, 3.8) is 0 Å². The number of piperidine rings is 1. The molecule has 0 radical (unpaired) electrons. The van der Waals surface area contributed by atoms with Gasteiger partial charge in [0.2, 0.25) is 5.91 Å². The Labute approximate surface area is 119 Å². The molecule has 2 bridgehead atoms. The predicted octanol–water partition coefficient (Wildman–Crippen LogP) is 0.693. The first-order valence-corrected chi connectivity index (χ1v) is 7.49. The summed E-state index contributed by atoms with van der Waals surface area (Å²) in [5, 5.41) is 3.10. The lowest BCUT2D eigenvalue weighted by Crippen LogP contribution is -3.15. The van der Waals surface area contributed by atoms with Gasteiger partial charge in [0.1, 0.15) is 5.82 Å². The summed E-state index contributed by atoms with van der Waals surface area (Å²) in [6.45, 7) is 0. The Morgan fingerprint density at radius 2 is 1.95 bits per heavy atom. The minimum absolute atomic E-state index is 0.0564. The van der Waals surface area contributed by atoms with Crippen LogP contribution < -0.4 is 10.2 Å². The van der Waals surface area contributed by atoms with E-state index in [1.807, 2.05) is 0 Å². The molecule has 2 fully saturated rings. The summed E-state index contributed by atoms with van der Waals surface area (Å²) in [5.41, 5.74) is 0.478. The highest BCUT2D eigenvalue weighted by atomic mass is 19.1. The molecule has 0 aliphatic carbocycles. The van der Waals surface area contributed by atoms with Crippen molar-refractivity contribution < 1.29 is 14.1 Å². The van der Waals surface area contributed by atoms with E-state index in [2.05, 4.69) is 12.4 Å². The Morgan fingerprint density at radius 1 is 1.30 bits per heavy atom. The van der Waals surface area contributed by atoms with Gasteiger partial charge >= 0.3 is 0 Å². The van der Waals surface area contributed by atoms with E-state index >= 15 is 0 Å². The molecule has 2 N–H and O–H groups in total. The number of quaternary nitrogens is 1. The summed E-state index contributed by atoms with van der Waals surface area (Å²) in [6.07, 6.45) is 4.81. The summed E-state index contributed by atoms with van der Waals surface area (Å²) < 4.78 is 13.5. The van der Waals surface area contributed by atoms with Gasteiger partial charge in [0.15, 0.2) is 0 Å².